The van der Waals surface area contributed by atoms with Gasteiger partial charge < -0.3 is 4.74 Å². The van der Waals surface area contributed by atoms with Gasteiger partial charge in [0.25, 0.3) is 0 Å². The number of sulfonamides is 1. The van der Waals surface area contributed by atoms with E-state index in [4.69, 9.17) is 4.74 Å². The fourth-order valence-electron chi connectivity index (χ4n) is 1.95. The Morgan fingerprint density at radius 3 is 2.43 bits per heavy atom. The van der Waals surface area contributed by atoms with Crippen molar-refractivity contribution in [2.24, 2.45) is 0 Å². The molecule has 0 aliphatic rings. The largest absolute Gasteiger partial charge is 0.492 e. The Morgan fingerprint density at radius 1 is 1.09 bits per heavy atom. The summed E-state index contributed by atoms with van der Waals surface area (Å²) in [5, 5.41) is 0. The van der Waals surface area contributed by atoms with E-state index in [1.165, 1.54) is 0 Å². The summed E-state index contributed by atoms with van der Waals surface area (Å²) in [5.41, 5.74) is 2.14. The average Bonchev–Trinajstić information content (AvgIpc) is 2.51. The SMILES string of the molecule is Cc1ccc(S(=O)(=O)NCC(Br)COc2cccc(C)c2)cc1. The summed E-state index contributed by atoms with van der Waals surface area (Å²) < 4.78 is 32.6. The predicted octanol–water partition coefficient (Wildman–Crippen LogP) is 3.42. The first-order valence-corrected chi connectivity index (χ1v) is 9.66. The summed E-state index contributed by atoms with van der Waals surface area (Å²) in [5.74, 6) is 0.774. The number of rotatable bonds is 7. The van der Waals surface area contributed by atoms with Gasteiger partial charge in [-0.3, -0.25) is 0 Å². The van der Waals surface area contributed by atoms with Crippen molar-refractivity contribution in [2.75, 3.05) is 13.2 Å². The average molecular weight is 398 g/mol. The summed E-state index contributed by atoms with van der Waals surface area (Å²) in [6.07, 6.45) is 0. The molecule has 2 aromatic rings. The highest BCUT2D eigenvalue weighted by molar-refractivity contribution is 9.09. The van der Waals surface area contributed by atoms with Crippen LogP contribution in [0.3, 0.4) is 0 Å². The zero-order chi connectivity index (χ0) is 16.9. The summed E-state index contributed by atoms with van der Waals surface area (Å²) in [4.78, 5) is 0.144. The van der Waals surface area contributed by atoms with Crippen LogP contribution in [0.2, 0.25) is 0 Å². The van der Waals surface area contributed by atoms with Crippen molar-refractivity contribution in [1.29, 1.82) is 0 Å². The number of aryl methyl sites for hydroxylation is 2. The Balaban J connectivity index is 1.86. The first kappa shape index (κ1) is 18.0. The quantitative estimate of drug-likeness (QED) is 0.728. The molecule has 124 valence electrons. The van der Waals surface area contributed by atoms with Gasteiger partial charge in [0.2, 0.25) is 10.0 Å². The number of hydrogen-bond acceptors (Lipinski definition) is 3. The van der Waals surface area contributed by atoms with Gasteiger partial charge >= 0.3 is 0 Å². The molecule has 0 fully saturated rings. The van der Waals surface area contributed by atoms with E-state index in [0.29, 0.717) is 6.61 Å². The first-order valence-electron chi connectivity index (χ1n) is 7.27. The second kappa shape index (κ2) is 7.95. The van der Waals surface area contributed by atoms with E-state index in [-0.39, 0.29) is 16.3 Å². The number of alkyl halides is 1. The van der Waals surface area contributed by atoms with E-state index in [9.17, 15) is 8.42 Å². The van der Waals surface area contributed by atoms with Gasteiger partial charge in [0.05, 0.1) is 9.72 Å². The molecule has 0 saturated carbocycles. The highest BCUT2D eigenvalue weighted by Crippen LogP contribution is 2.14. The molecule has 0 saturated heterocycles. The summed E-state index contributed by atoms with van der Waals surface area (Å²) >= 11 is 3.44. The van der Waals surface area contributed by atoms with Gasteiger partial charge in [0.15, 0.2) is 0 Å². The van der Waals surface area contributed by atoms with E-state index < -0.39 is 10.0 Å². The normalized spacial score (nSPS) is 12.8. The molecule has 0 heterocycles. The van der Waals surface area contributed by atoms with Crippen molar-refractivity contribution in [3.63, 3.8) is 0 Å². The lowest BCUT2D eigenvalue weighted by molar-refractivity contribution is 0.318. The number of benzene rings is 2. The van der Waals surface area contributed by atoms with Gasteiger partial charge in [-0.15, -0.1) is 0 Å². The lowest BCUT2D eigenvalue weighted by atomic mass is 10.2. The third-order valence-corrected chi connectivity index (χ3v) is 5.27. The molecule has 1 N–H and O–H groups in total. The van der Waals surface area contributed by atoms with Gasteiger partial charge in [0, 0.05) is 6.54 Å². The molecule has 0 aliphatic carbocycles. The van der Waals surface area contributed by atoms with E-state index >= 15 is 0 Å². The molecule has 6 heteroatoms. The molecule has 1 unspecified atom stereocenters. The molecule has 0 bridgehead atoms. The molecular weight excluding hydrogens is 378 g/mol. The third kappa shape index (κ3) is 5.64. The molecule has 1 atom stereocenters. The Labute approximate surface area is 146 Å². The van der Waals surface area contributed by atoms with Crippen LogP contribution < -0.4 is 9.46 Å². The number of hydrogen-bond donors (Lipinski definition) is 1. The van der Waals surface area contributed by atoms with Crippen LogP contribution in [-0.4, -0.2) is 26.4 Å². The maximum absolute atomic E-state index is 12.2. The van der Waals surface area contributed by atoms with E-state index in [1.807, 2.05) is 38.1 Å². The van der Waals surface area contributed by atoms with Gasteiger partial charge in [-0.25, -0.2) is 13.1 Å². The molecule has 0 aliphatic heterocycles. The molecule has 4 nitrogen and oxygen atoms in total. The number of halogens is 1. The zero-order valence-corrected chi connectivity index (χ0v) is 15.5. The minimum Gasteiger partial charge on any atom is -0.492 e. The van der Waals surface area contributed by atoms with E-state index in [0.717, 1.165) is 16.9 Å². The molecule has 2 aromatic carbocycles. The van der Waals surface area contributed by atoms with Crippen LogP contribution in [0.1, 0.15) is 11.1 Å². The van der Waals surface area contributed by atoms with Crippen molar-refractivity contribution in [3.05, 3.63) is 59.7 Å². The van der Waals surface area contributed by atoms with Crippen molar-refractivity contribution < 1.29 is 13.2 Å². The van der Waals surface area contributed by atoms with Crippen molar-refractivity contribution in [3.8, 4) is 5.75 Å². The highest BCUT2D eigenvalue weighted by atomic mass is 79.9. The first-order chi connectivity index (χ1) is 10.9. The third-order valence-electron chi connectivity index (χ3n) is 3.25. The van der Waals surface area contributed by atoms with Crippen molar-refractivity contribution in [1.82, 2.24) is 4.72 Å². The van der Waals surface area contributed by atoms with Crippen LogP contribution in [0.5, 0.6) is 5.75 Å². The molecule has 0 amide bonds. The summed E-state index contributed by atoms with van der Waals surface area (Å²) in [6, 6.07) is 14.5. The van der Waals surface area contributed by atoms with E-state index in [2.05, 4.69) is 20.7 Å². The molecular formula is C17H20BrNO3S. The van der Waals surface area contributed by atoms with Gasteiger partial charge in [-0.1, -0.05) is 45.8 Å². The Morgan fingerprint density at radius 2 is 1.78 bits per heavy atom. The maximum Gasteiger partial charge on any atom is 0.240 e. The van der Waals surface area contributed by atoms with Crippen LogP contribution >= 0.6 is 15.9 Å². The predicted molar refractivity (Wildman–Crippen MR) is 95.8 cm³/mol. The monoisotopic (exact) mass is 397 g/mol. The van der Waals surface area contributed by atoms with Crippen LogP contribution in [0.15, 0.2) is 53.4 Å². The van der Waals surface area contributed by atoms with Gasteiger partial charge in [-0.2, -0.15) is 0 Å². The zero-order valence-electron chi connectivity index (χ0n) is 13.1. The minimum atomic E-state index is -3.50. The van der Waals surface area contributed by atoms with Crippen molar-refractivity contribution >= 4 is 26.0 Å². The standard InChI is InChI=1S/C17H20BrNO3S/c1-13-6-8-17(9-7-13)23(20,21)19-11-15(18)12-22-16-5-3-4-14(2)10-16/h3-10,15,19H,11-12H2,1-2H3. The Kier molecular flexibility index (Phi) is 6.21. The van der Waals surface area contributed by atoms with Gasteiger partial charge in [-0.05, 0) is 43.7 Å². The molecule has 0 aromatic heterocycles. The number of nitrogens with one attached hydrogen (secondary N) is 1. The van der Waals surface area contributed by atoms with Crippen LogP contribution in [0.4, 0.5) is 0 Å². The topological polar surface area (TPSA) is 55.4 Å². The Hall–Kier alpha value is -1.37. The van der Waals surface area contributed by atoms with Gasteiger partial charge in [0.1, 0.15) is 12.4 Å². The molecule has 0 spiro atoms. The smallest absolute Gasteiger partial charge is 0.240 e. The van der Waals surface area contributed by atoms with Crippen LogP contribution in [0.25, 0.3) is 0 Å². The fraction of sp³-hybridized carbons (Fsp3) is 0.294. The second-order valence-electron chi connectivity index (χ2n) is 5.39. The van der Waals surface area contributed by atoms with Crippen molar-refractivity contribution in [2.45, 2.75) is 23.6 Å². The molecule has 23 heavy (non-hydrogen) atoms. The molecule has 2 rings (SSSR count). The lowest BCUT2D eigenvalue weighted by Crippen LogP contribution is -2.32. The minimum absolute atomic E-state index is 0.122. The second-order valence-corrected chi connectivity index (χ2v) is 8.45. The Bertz CT molecular complexity index is 745. The molecule has 0 radical (unpaired) electrons. The van der Waals surface area contributed by atoms with Crippen LogP contribution in [-0.2, 0) is 10.0 Å². The summed E-state index contributed by atoms with van der Waals surface area (Å²) in [7, 11) is -3.50. The summed E-state index contributed by atoms with van der Waals surface area (Å²) in [6.45, 7) is 4.54. The van der Waals surface area contributed by atoms with Crippen LogP contribution in [0, 0.1) is 13.8 Å². The maximum atomic E-state index is 12.2. The number of ether oxygens (including phenoxy) is 1. The van der Waals surface area contributed by atoms with E-state index in [1.54, 1.807) is 24.3 Å². The lowest BCUT2D eigenvalue weighted by Gasteiger charge is -2.13. The fourth-order valence-corrected chi connectivity index (χ4v) is 3.54. The highest BCUT2D eigenvalue weighted by Gasteiger charge is 2.15.